The minimum absolute atomic E-state index is 0.272. The van der Waals surface area contributed by atoms with Gasteiger partial charge in [0.05, 0.1) is 0 Å². The van der Waals surface area contributed by atoms with Gasteiger partial charge in [-0.3, -0.25) is 14.4 Å². The van der Waals surface area contributed by atoms with E-state index in [1.165, 1.54) is 6.55 Å². The standard InChI is InChI=1S/C16H22O8Si2.3C16H20O4Si2.C8H20O4Si2/c1-13(17)21-26(22-14(2)18,23-15(3)19)24-25(12-8-7-11-20-25)16-9-5-4-6-10-16;3*17-22(18,16-11-5-2-6-12-16)20-21(14-8-7-13-19-21)15-9-3-1-4-10-15;1-8(2)14(12-13(3,9)10)7-5-4-6-11-14/h4-6,9-10H,7-8,11-12H2,1-3H3;3*1-6,9-12,17-18H,7-8,13-14H2;8-10H,4-7H2,1-3H3. The maximum absolute atomic E-state index is 11.6. The molecule has 0 amide bonds. The van der Waals surface area contributed by atoms with Crippen molar-refractivity contribution in [3.8, 4) is 0 Å². The van der Waals surface area contributed by atoms with Crippen LogP contribution in [0.25, 0.3) is 0 Å². The first-order valence-electron chi connectivity index (χ1n) is 36.0. The molecular formula is C72H102O24Si10. The lowest BCUT2D eigenvalue weighted by molar-refractivity contribution is -0.153. The fraction of sp³-hybridized carbons (Fsp3) is 0.375. The Morgan fingerprint density at radius 2 is 0.547 bits per heavy atom. The number of carbonyl (C=O) groups is 3. The third kappa shape index (κ3) is 25.0. The second-order valence-electron chi connectivity index (χ2n) is 26.6. The first-order chi connectivity index (χ1) is 50.5. The van der Waals surface area contributed by atoms with Gasteiger partial charge in [0, 0.05) is 75.9 Å². The number of rotatable bonds is 21. The van der Waals surface area contributed by atoms with Crippen molar-refractivity contribution >= 4 is 141 Å². The molecule has 574 valence electrons. The Kier molecular flexibility index (Phi) is 32.3. The minimum atomic E-state index is -4.44. The maximum Gasteiger partial charge on any atom is 0.890 e. The van der Waals surface area contributed by atoms with E-state index in [1.54, 1.807) is 72.8 Å². The molecule has 24 nitrogen and oxygen atoms in total. The molecule has 12 rings (SSSR count). The molecule has 5 unspecified atom stereocenters. The molecule has 34 heteroatoms. The molecule has 0 spiro atoms. The van der Waals surface area contributed by atoms with Crippen LogP contribution in [-0.2, 0) is 70.4 Å². The molecule has 0 aromatic heterocycles. The maximum atomic E-state index is 11.6. The fourth-order valence-electron chi connectivity index (χ4n) is 12.8. The van der Waals surface area contributed by atoms with Crippen molar-refractivity contribution in [1.29, 1.82) is 0 Å². The van der Waals surface area contributed by atoms with E-state index in [-0.39, 0.29) is 5.54 Å². The highest BCUT2D eigenvalue weighted by molar-refractivity contribution is 6.92. The van der Waals surface area contributed by atoms with Crippen LogP contribution in [0.1, 0.15) is 98.8 Å². The van der Waals surface area contributed by atoms with Crippen LogP contribution in [0.2, 0.25) is 42.3 Å². The van der Waals surface area contributed by atoms with E-state index in [2.05, 4.69) is 0 Å². The van der Waals surface area contributed by atoms with E-state index in [0.717, 1.165) is 130 Å². The number of carbonyl (C=O) groups excluding carboxylic acids is 3. The van der Waals surface area contributed by atoms with Gasteiger partial charge in [-0.05, 0) is 121 Å². The average Bonchev–Trinajstić information content (AvgIpc) is 0.789. The summed E-state index contributed by atoms with van der Waals surface area (Å²) in [6.45, 7) is 11.8. The third-order valence-electron chi connectivity index (χ3n) is 17.8. The first kappa shape index (κ1) is 86.0. The SMILES string of the molecule is CC(=O)O[Si](OC(C)=O)(OC(C)=O)O[Si]1(c2ccccc2)CCCCO1.CC(C)[Si]1(O[Si](C)(O)O)CCCCO1.O[Si](O)(O[Si]1(c2ccccc2)CCCCO1)c1ccccc1.O[Si](O)(O[Si]1(c2ccccc2)CCCCO1)c1ccccc1.O[Si](O)(O[Si]1(c2ccccc2)CCCCO1)c1ccccc1. The van der Waals surface area contributed by atoms with Gasteiger partial charge >= 0.3 is 87.1 Å². The van der Waals surface area contributed by atoms with Gasteiger partial charge < -0.3 is 94.3 Å². The normalized spacial score (nSPS) is 22.8. The Labute approximate surface area is 632 Å². The van der Waals surface area contributed by atoms with E-state index in [9.17, 15) is 52.7 Å². The lowest BCUT2D eigenvalue weighted by Gasteiger charge is -2.39. The molecule has 0 radical (unpaired) electrons. The van der Waals surface area contributed by atoms with Crippen LogP contribution >= 0.6 is 0 Å². The first-order valence-corrected chi connectivity index (χ1v) is 55.5. The summed E-state index contributed by atoms with van der Waals surface area (Å²) in [5, 5.41) is 5.02. The molecular weight excluding hydrogens is 1530 g/mol. The molecule has 0 saturated carbocycles. The van der Waals surface area contributed by atoms with E-state index < -0.39 is 105 Å². The third-order valence-corrected chi connectivity index (χ3v) is 50.3. The van der Waals surface area contributed by atoms with Crippen LogP contribution in [0, 0.1) is 0 Å². The van der Waals surface area contributed by atoms with Crippen molar-refractivity contribution < 1.29 is 109 Å². The van der Waals surface area contributed by atoms with Gasteiger partial charge in [-0.25, -0.2) is 0 Å². The van der Waals surface area contributed by atoms with Gasteiger partial charge in [-0.1, -0.05) is 226 Å². The van der Waals surface area contributed by atoms with Crippen LogP contribution in [-0.4, -0.2) is 176 Å². The summed E-state index contributed by atoms with van der Waals surface area (Å²) < 4.78 is 75.0. The Balaban J connectivity index is 0.000000169. The Morgan fingerprint density at radius 3 is 0.745 bits per heavy atom. The van der Waals surface area contributed by atoms with Gasteiger partial charge in [-0.15, -0.1) is 0 Å². The van der Waals surface area contributed by atoms with Gasteiger partial charge in [0.2, 0.25) is 0 Å². The molecule has 8 N–H and O–H groups in total. The van der Waals surface area contributed by atoms with Crippen molar-refractivity contribution in [2.75, 3.05) is 33.0 Å². The van der Waals surface area contributed by atoms with E-state index in [0.29, 0.717) is 54.6 Å². The zero-order valence-electron chi connectivity index (χ0n) is 61.0. The highest BCUT2D eigenvalue weighted by atomic mass is 28.5. The molecule has 0 aliphatic carbocycles. The summed E-state index contributed by atoms with van der Waals surface area (Å²) in [4.78, 5) is 117. The summed E-state index contributed by atoms with van der Waals surface area (Å²) >= 11 is 0. The molecule has 5 aliphatic rings. The van der Waals surface area contributed by atoms with E-state index in [4.69, 9.17) is 56.0 Å². The van der Waals surface area contributed by atoms with Crippen molar-refractivity contribution in [3.63, 3.8) is 0 Å². The largest absolute Gasteiger partial charge is 0.890 e. The lowest BCUT2D eigenvalue weighted by atomic mass is 10.3. The molecule has 7 aromatic carbocycles. The molecule has 5 aliphatic heterocycles. The van der Waals surface area contributed by atoms with Crippen molar-refractivity contribution in [2.24, 2.45) is 0 Å². The highest BCUT2D eigenvalue weighted by Gasteiger charge is 2.65. The summed E-state index contributed by atoms with van der Waals surface area (Å²) in [5.41, 5.74) is 0.272. The second-order valence-corrected chi connectivity index (χ2v) is 54.6. The summed E-state index contributed by atoms with van der Waals surface area (Å²) in [6, 6.07) is 68.5. The summed E-state index contributed by atoms with van der Waals surface area (Å²) in [6.07, 6.45) is 9.74. The van der Waals surface area contributed by atoms with E-state index >= 15 is 0 Å². The zero-order valence-corrected chi connectivity index (χ0v) is 71.0. The van der Waals surface area contributed by atoms with Gasteiger partial charge in [0.15, 0.2) is 0 Å². The number of benzene rings is 7. The Bertz CT molecular complexity index is 3440. The average molecular weight is 1630 g/mol. The van der Waals surface area contributed by atoms with Crippen molar-refractivity contribution in [3.05, 3.63) is 212 Å². The quantitative estimate of drug-likeness (QED) is 0.0413. The van der Waals surface area contributed by atoms with Crippen molar-refractivity contribution in [1.82, 2.24) is 0 Å². The Morgan fingerprint density at radius 1 is 0.321 bits per heavy atom. The van der Waals surface area contributed by atoms with Crippen LogP contribution in [0.15, 0.2) is 212 Å². The van der Waals surface area contributed by atoms with Gasteiger partial charge in [0.25, 0.3) is 17.9 Å². The topological polar surface area (TPSA) is 333 Å². The van der Waals surface area contributed by atoms with Crippen LogP contribution < -0.4 is 36.3 Å². The van der Waals surface area contributed by atoms with Gasteiger partial charge in [0.1, 0.15) is 0 Å². The van der Waals surface area contributed by atoms with Crippen LogP contribution in [0.4, 0.5) is 0 Å². The summed E-state index contributed by atoms with van der Waals surface area (Å²) in [7, 11) is -33.8. The lowest BCUT2D eigenvalue weighted by Crippen LogP contribution is -2.66. The Hall–Kier alpha value is -5.60. The summed E-state index contributed by atoms with van der Waals surface area (Å²) in [5.74, 6) is -2.36. The molecule has 7 aromatic rings. The predicted molar refractivity (Wildman–Crippen MR) is 419 cm³/mol. The highest BCUT2D eigenvalue weighted by Crippen LogP contribution is 2.35. The van der Waals surface area contributed by atoms with Crippen LogP contribution in [0.5, 0.6) is 0 Å². The van der Waals surface area contributed by atoms with Crippen molar-refractivity contribution in [2.45, 2.75) is 141 Å². The molecule has 5 heterocycles. The van der Waals surface area contributed by atoms with Crippen LogP contribution in [0.3, 0.4) is 0 Å². The smallest absolute Gasteiger partial charge is 0.433 e. The molecule has 0 bridgehead atoms. The second kappa shape index (κ2) is 39.9. The van der Waals surface area contributed by atoms with Gasteiger partial charge in [-0.2, -0.15) is 0 Å². The van der Waals surface area contributed by atoms with E-state index in [1.807, 2.05) is 153 Å². The molecule has 5 fully saturated rings. The molecule has 5 atom stereocenters. The zero-order chi connectivity index (χ0) is 76.4. The number of hydrogen-bond donors (Lipinski definition) is 8. The monoisotopic (exact) mass is 1630 g/mol. The molecule has 106 heavy (non-hydrogen) atoms. The minimum Gasteiger partial charge on any atom is -0.433 e. The fourth-order valence-corrected chi connectivity index (χ4v) is 45.8. The number of hydrogen-bond acceptors (Lipinski definition) is 24. The molecule has 5 saturated heterocycles. The predicted octanol–water partition coefficient (Wildman–Crippen LogP) is 5.49.